The number of hydrogen-bond donors (Lipinski definition) is 2. The van der Waals surface area contributed by atoms with Gasteiger partial charge in [-0.2, -0.15) is 0 Å². The molecule has 3 rings (SSSR count). The molecule has 0 radical (unpaired) electrons. The number of urea groups is 1. The third-order valence-corrected chi connectivity index (χ3v) is 4.83. The van der Waals surface area contributed by atoms with Gasteiger partial charge in [0.15, 0.2) is 0 Å². The number of amides is 4. The summed E-state index contributed by atoms with van der Waals surface area (Å²) in [5.41, 5.74) is 0. The first-order valence-electron chi connectivity index (χ1n) is 8.73. The molecule has 0 spiro atoms. The second kappa shape index (κ2) is 7.69. The molecular weight excluding hydrogens is 324 g/mol. The lowest BCUT2D eigenvalue weighted by molar-refractivity contribution is -0.131. The number of likely N-dealkylation sites (tertiary alicyclic amines) is 1. The molecule has 2 aliphatic heterocycles. The highest BCUT2D eigenvalue weighted by Gasteiger charge is 2.39. The Morgan fingerprint density at radius 1 is 1.44 bits per heavy atom. The van der Waals surface area contributed by atoms with Crippen LogP contribution in [0, 0.1) is 0 Å². The summed E-state index contributed by atoms with van der Waals surface area (Å²) in [6, 6.07) is 2.45. The number of carbonyl (C=O) groups excluding carboxylic acids is 3. The Bertz CT molecular complexity index is 631. The van der Waals surface area contributed by atoms with E-state index in [1.807, 2.05) is 0 Å². The fraction of sp³-hybridized carbons (Fsp3) is 0.588. The van der Waals surface area contributed by atoms with E-state index in [1.54, 1.807) is 12.1 Å². The SMILES string of the molecule is CCN1CCCC1CNC(=O)CC1NC(=O)N(Cc2ccco2)C1=O. The molecular formula is C17H24N4O4. The van der Waals surface area contributed by atoms with E-state index in [-0.39, 0.29) is 18.9 Å². The van der Waals surface area contributed by atoms with Gasteiger partial charge in [0.1, 0.15) is 11.8 Å². The summed E-state index contributed by atoms with van der Waals surface area (Å²) in [4.78, 5) is 39.9. The maximum absolute atomic E-state index is 12.3. The van der Waals surface area contributed by atoms with Crippen molar-refractivity contribution in [3.05, 3.63) is 24.2 Å². The van der Waals surface area contributed by atoms with E-state index < -0.39 is 18.0 Å². The first-order valence-corrected chi connectivity index (χ1v) is 8.73. The van der Waals surface area contributed by atoms with Crippen molar-refractivity contribution >= 4 is 17.8 Å². The topological polar surface area (TPSA) is 94.9 Å². The Labute approximate surface area is 146 Å². The van der Waals surface area contributed by atoms with Crippen molar-refractivity contribution in [3.8, 4) is 0 Å². The van der Waals surface area contributed by atoms with E-state index in [4.69, 9.17) is 4.42 Å². The summed E-state index contributed by atoms with van der Waals surface area (Å²) in [7, 11) is 0. The van der Waals surface area contributed by atoms with E-state index in [0.717, 1.165) is 30.8 Å². The largest absolute Gasteiger partial charge is 0.467 e. The number of rotatable bonds is 7. The van der Waals surface area contributed by atoms with Crippen LogP contribution >= 0.6 is 0 Å². The van der Waals surface area contributed by atoms with Crippen molar-refractivity contribution in [2.24, 2.45) is 0 Å². The zero-order valence-corrected chi connectivity index (χ0v) is 14.4. The monoisotopic (exact) mass is 348 g/mol. The Morgan fingerprint density at radius 2 is 2.28 bits per heavy atom. The van der Waals surface area contributed by atoms with Gasteiger partial charge in [-0.1, -0.05) is 6.92 Å². The van der Waals surface area contributed by atoms with Gasteiger partial charge in [0, 0.05) is 12.6 Å². The maximum atomic E-state index is 12.3. The van der Waals surface area contributed by atoms with Crippen LogP contribution in [0.4, 0.5) is 4.79 Å². The summed E-state index contributed by atoms with van der Waals surface area (Å²) >= 11 is 0. The quantitative estimate of drug-likeness (QED) is 0.707. The van der Waals surface area contributed by atoms with Crippen LogP contribution in [-0.4, -0.2) is 59.4 Å². The van der Waals surface area contributed by atoms with Crippen LogP contribution in [0.2, 0.25) is 0 Å². The third kappa shape index (κ3) is 4.01. The van der Waals surface area contributed by atoms with Crippen molar-refractivity contribution in [1.29, 1.82) is 0 Å². The highest BCUT2D eigenvalue weighted by atomic mass is 16.3. The Kier molecular flexibility index (Phi) is 5.37. The van der Waals surface area contributed by atoms with E-state index in [9.17, 15) is 14.4 Å². The Balaban J connectivity index is 1.48. The van der Waals surface area contributed by atoms with Gasteiger partial charge in [-0.3, -0.25) is 19.4 Å². The molecule has 3 heterocycles. The average Bonchev–Trinajstić information content (AvgIpc) is 3.31. The number of nitrogens with zero attached hydrogens (tertiary/aromatic N) is 2. The minimum Gasteiger partial charge on any atom is -0.467 e. The second-order valence-electron chi connectivity index (χ2n) is 6.44. The van der Waals surface area contributed by atoms with Crippen molar-refractivity contribution in [2.45, 2.75) is 44.8 Å². The minimum absolute atomic E-state index is 0.0436. The maximum Gasteiger partial charge on any atom is 0.325 e. The number of nitrogens with one attached hydrogen (secondary N) is 2. The number of imide groups is 1. The van der Waals surface area contributed by atoms with Gasteiger partial charge in [0.2, 0.25) is 5.91 Å². The first kappa shape index (κ1) is 17.5. The van der Waals surface area contributed by atoms with E-state index in [0.29, 0.717) is 18.3 Å². The van der Waals surface area contributed by atoms with Gasteiger partial charge in [0.25, 0.3) is 5.91 Å². The molecule has 2 unspecified atom stereocenters. The summed E-state index contributed by atoms with van der Waals surface area (Å²) in [5, 5.41) is 5.46. The van der Waals surface area contributed by atoms with Crippen LogP contribution < -0.4 is 10.6 Å². The van der Waals surface area contributed by atoms with Crippen molar-refractivity contribution < 1.29 is 18.8 Å². The molecule has 136 valence electrons. The summed E-state index contributed by atoms with van der Waals surface area (Å²) in [6.45, 7) is 4.80. The molecule has 8 heteroatoms. The molecule has 1 aromatic rings. The molecule has 0 saturated carbocycles. The summed E-state index contributed by atoms with van der Waals surface area (Å²) < 4.78 is 5.17. The molecule has 2 atom stereocenters. The standard InChI is InChI=1S/C17H24N4O4/c1-2-20-7-3-5-12(20)10-18-15(22)9-14-16(23)21(17(24)19-14)11-13-6-4-8-25-13/h4,6,8,12,14H,2-3,5,7,9-11H2,1H3,(H,18,22)(H,19,24). The van der Waals surface area contributed by atoms with Crippen LogP contribution in [0.3, 0.4) is 0 Å². The molecule has 0 bridgehead atoms. The third-order valence-electron chi connectivity index (χ3n) is 4.83. The zero-order chi connectivity index (χ0) is 17.8. The van der Waals surface area contributed by atoms with Crippen LogP contribution in [0.5, 0.6) is 0 Å². The Morgan fingerprint density at radius 3 is 3.00 bits per heavy atom. The Hall–Kier alpha value is -2.35. The van der Waals surface area contributed by atoms with Gasteiger partial charge in [-0.15, -0.1) is 0 Å². The molecule has 2 saturated heterocycles. The van der Waals surface area contributed by atoms with Crippen molar-refractivity contribution in [3.63, 3.8) is 0 Å². The fourth-order valence-electron chi connectivity index (χ4n) is 3.46. The molecule has 1 aromatic heterocycles. The fourth-order valence-corrected chi connectivity index (χ4v) is 3.46. The molecule has 25 heavy (non-hydrogen) atoms. The van der Waals surface area contributed by atoms with E-state index in [2.05, 4.69) is 22.5 Å². The molecule has 0 aliphatic carbocycles. The van der Waals surface area contributed by atoms with Gasteiger partial charge in [-0.25, -0.2) is 4.79 Å². The van der Waals surface area contributed by atoms with Crippen LogP contribution in [0.15, 0.2) is 22.8 Å². The van der Waals surface area contributed by atoms with Gasteiger partial charge >= 0.3 is 6.03 Å². The first-order chi connectivity index (χ1) is 12.1. The van der Waals surface area contributed by atoms with Gasteiger partial charge in [0.05, 0.1) is 19.2 Å². The van der Waals surface area contributed by atoms with Gasteiger partial charge in [-0.05, 0) is 38.1 Å². The summed E-state index contributed by atoms with van der Waals surface area (Å²) in [6.07, 6.45) is 3.66. The smallest absolute Gasteiger partial charge is 0.325 e. The van der Waals surface area contributed by atoms with Gasteiger partial charge < -0.3 is 15.1 Å². The predicted molar refractivity (Wildman–Crippen MR) is 89.5 cm³/mol. The van der Waals surface area contributed by atoms with Crippen LogP contribution in [0.25, 0.3) is 0 Å². The number of likely N-dealkylation sites (N-methyl/N-ethyl adjacent to an activating group) is 1. The highest BCUT2D eigenvalue weighted by Crippen LogP contribution is 2.16. The van der Waals surface area contributed by atoms with E-state index in [1.165, 1.54) is 6.26 Å². The normalized spacial score (nSPS) is 24.0. The van der Waals surface area contributed by atoms with Crippen LogP contribution in [0.1, 0.15) is 31.9 Å². The minimum atomic E-state index is -0.812. The lowest BCUT2D eigenvalue weighted by atomic mass is 10.1. The molecule has 2 N–H and O–H groups in total. The second-order valence-corrected chi connectivity index (χ2v) is 6.44. The van der Waals surface area contributed by atoms with E-state index >= 15 is 0 Å². The average molecular weight is 348 g/mol. The molecule has 2 aliphatic rings. The molecule has 8 nitrogen and oxygen atoms in total. The number of furan rings is 1. The highest BCUT2D eigenvalue weighted by molar-refractivity contribution is 6.05. The lowest BCUT2D eigenvalue weighted by Gasteiger charge is -2.23. The summed E-state index contributed by atoms with van der Waals surface area (Å²) in [5.74, 6) is -0.0939. The molecule has 4 amide bonds. The molecule has 2 fully saturated rings. The number of carbonyl (C=O) groups is 3. The molecule has 0 aromatic carbocycles. The predicted octanol–water partition coefficient (Wildman–Crippen LogP) is 0.691. The van der Waals surface area contributed by atoms with Crippen molar-refractivity contribution in [2.75, 3.05) is 19.6 Å². The number of hydrogen-bond acceptors (Lipinski definition) is 5. The van der Waals surface area contributed by atoms with Crippen molar-refractivity contribution in [1.82, 2.24) is 20.4 Å². The van der Waals surface area contributed by atoms with Crippen LogP contribution in [-0.2, 0) is 16.1 Å². The lowest BCUT2D eigenvalue weighted by Crippen LogP contribution is -2.42. The zero-order valence-electron chi connectivity index (χ0n) is 14.4.